The molecule has 1 aromatic heterocycles. The molecule has 0 bridgehead atoms. The third-order valence-electron chi connectivity index (χ3n) is 3.15. The van der Waals surface area contributed by atoms with E-state index in [1.165, 1.54) is 0 Å². The molecule has 1 heterocycles. The van der Waals surface area contributed by atoms with Gasteiger partial charge in [0, 0.05) is 18.9 Å². The summed E-state index contributed by atoms with van der Waals surface area (Å²) >= 11 is 0. The maximum absolute atomic E-state index is 7.27. The zero-order valence-electron chi connectivity index (χ0n) is 12.3. The van der Waals surface area contributed by atoms with E-state index in [1.54, 1.807) is 0 Å². The standard InChI is InChI=1S/C18H17NO/c1-2-9-16-19-17(14-10-5-3-6-11-14)18(20-16)15-12-7-4-8-13-15/h3-8,10-13H,2,9H2,1H3/i1D. The van der Waals surface area contributed by atoms with Crippen molar-refractivity contribution >= 4 is 0 Å². The summed E-state index contributed by atoms with van der Waals surface area (Å²) in [6.45, 7) is 0.393. The molecule has 20 heavy (non-hydrogen) atoms. The molecule has 0 fully saturated rings. The molecule has 2 aromatic carbocycles. The van der Waals surface area contributed by atoms with Gasteiger partial charge in [0.25, 0.3) is 0 Å². The zero-order chi connectivity index (χ0) is 14.5. The molecule has 0 unspecified atom stereocenters. The highest BCUT2D eigenvalue weighted by atomic mass is 16.4. The largest absolute Gasteiger partial charge is 0.440 e. The molecule has 0 atom stereocenters. The van der Waals surface area contributed by atoms with Crippen molar-refractivity contribution in [3.8, 4) is 22.6 Å². The Morgan fingerprint density at radius 2 is 1.60 bits per heavy atom. The summed E-state index contributed by atoms with van der Waals surface area (Å²) in [7, 11) is 0. The summed E-state index contributed by atoms with van der Waals surface area (Å²) in [4.78, 5) is 4.64. The average Bonchev–Trinajstić information content (AvgIpc) is 2.99. The number of benzene rings is 2. The number of oxazole rings is 1. The lowest BCUT2D eigenvalue weighted by atomic mass is 10.1. The van der Waals surface area contributed by atoms with Crippen molar-refractivity contribution < 1.29 is 5.79 Å². The Hall–Kier alpha value is -2.35. The third-order valence-corrected chi connectivity index (χ3v) is 3.15. The van der Waals surface area contributed by atoms with Crippen LogP contribution >= 0.6 is 0 Å². The Kier molecular flexibility index (Phi) is 3.29. The Balaban J connectivity index is 2.06. The van der Waals surface area contributed by atoms with Gasteiger partial charge in [0.2, 0.25) is 0 Å². The predicted octanol–water partition coefficient (Wildman–Crippen LogP) is 4.96. The quantitative estimate of drug-likeness (QED) is 0.665. The normalized spacial score (nSPS) is 11.3. The molecule has 0 N–H and O–H groups in total. The molecule has 3 aromatic rings. The Morgan fingerprint density at radius 1 is 0.950 bits per heavy atom. The van der Waals surface area contributed by atoms with Gasteiger partial charge in [0.15, 0.2) is 11.7 Å². The van der Waals surface area contributed by atoms with Crippen molar-refractivity contribution in [2.45, 2.75) is 19.7 Å². The van der Waals surface area contributed by atoms with Gasteiger partial charge in [-0.1, -0.05) is 67.6 Å². The fraction of sp³-hybridized carbons (Fsp3) is 0.167. The minimum absolute atomic E-state index is 0.393. The second-order valence-electron chi connectivity index (χ2n) is 4.62. The molecular formula is C18H17NO. The maximum atomic E-state index is 7.27. The van der Waals surface area contributed by atoms with E-state index in [2.05, 4.69) is 4.98 Å². The molecular weight excluding hydrogens is 246 g/mol. The highest BCUT2D eigenvalue weighted by molar-refractivity contribution is 5.76. The molecule has 0 saturated carbocycles. The summed E-state index contributed by atoms with van der Waals surface area (Å²) in [5.41, 5.74) is 2.96. The van der Waals surface area contributed by atoms with Gasteiger partial charge in [0.05, 0.1) is 0 Å². The van der Waals surface area contributed by atoms with Gasteiger partial charge >= 0.3 is 0 Å². The number of rotatable bonds is 4. The average molecular weight is 264 g/mol. The van der Waals surface area contributed by atoms with Crippen molar-refractivity contribution in [2.24, 2.45) is 0 Å². The number of aromatic nitrogens is 1. The lowest BCUT2D eigenvalue weighted by Gasteiger charge is -2.00. The molecule has 0 aliphatic carbocycles. The molecule has 2 heteroatoms. The van der Waals surface area contributed by atoms with Gasteiger partial charge in [0.1, 0.15) is 5.69 Å². The molecule has 0 aliphatic heterocycles. The van der Waals surface area contributed by atoms with Crippen LogP contribution in [0.5, 0.6) is 0 Å². The smallest absolute Gasteiger partial charge is 0.195 e. The molecule has 100 valence electrons. The molecule has 0 aliphatic rings. The first kappa shape index (κ1) is 11.5. The first-order valence-corrected chi connectivity index (χ1v) is 6.78. The number of hydrogen-bond donors (Lipinski definition) is 0. The summed E-state index contributed by atoms with van der Waals surface area (Å²) in [6, 6.07) is 20.1. The van der Waals surface area contributed by atoms with E-state index in [-0.39, 0.29) is 0 Å². The molecule has 0 saturated heterocycles. The van der Waals surface area contributed by atoms with Gasteiger partial charge in [-0.25, -0.2) is 4.98 Å². The highest BCUT2D eigenvalue weighted by Gasteiger charge is 2.15. The first-order chi connectivity index (χ1) is 10.4. The predicted molar refractivity (Wildman–Crippen MR) is 81.4 cm³/mol. The fourth-order valence-corrected chi connectivity index (χ4v) is 2.20. The molecule has 2 nitrogen and oxygen atoms in total. The second-order valence-corrected chi connectivity index (χ2v) is 4.62. The van der Waals surface area contributed by atoms with E-state index in [4.69, 9.17) is 5.79 Å². The van der Waals surface area contributed by atoms with Crippen molar-refractivity contribution in [1.29, 1.82) is 0 Å². The van der Waals surface area contributed by atoms with E-state index < -0.39 is 0 Å². The number of hydrogen-bond acceptors (Lipinski definition) is 2. The topological polar surface area (TPSA) is 26.0 Å². The Morgan fingerprint density at radius 3 is 2.25 bits per heavy atom. The van der Waals surface area contributed by atoms with Gasteiger partial charge in [-0.15, -0.1) is 0 Å². The van der Waals surface area contributed by atoms with Crippen LogP contribution < -0.4 is 0 Å². The number of aryl methyl sites for hydroxylation is 1. The van der Waals surface area contributed by atoms with Crippen LogP contribution in [0.2, 0.25) is 0 Å². The summed E-state index contributed by atoms with van der Waals surface area (Å²) in [5, 5.41) is 0. The van der Waals surface area contributed by atoms with Crippen LogP contribution in [-0.2, 0) is 6.42 Å². The Labute approximate surface area is 120 Å². The minimum Gasteiger partial charge on any atom is -0.440 e. The van der Waals surface area contributed by atoms with Gasteiger partial charge in [-0.2, -0.15) is 0 Å². The van der Waals surface area contributed by atoms with Crippen molar-refractivity contribution in [3.63, 3.8) is 0 Å². The lowest BCUT2D eigenvalue weighted by molar-refractivity contribution is 0.503. The minimum atomic E-state index is 0.393. The maximum Gasteiger partial charge on any atom is 0.195 e. The van der Waals surface area contributed by atoms with Crippen LogP contribution in [-0.4, -0.2) is 4.98 Å². The van der Waals surface area contributed by atoms with E-state index >= 15 is 0 Å². The van der Waals surface area contributed by atoms with Crippen molar-refractivity contribution in [2.75, 3.05) is 0 Å². The highest BCUT2D eigenvalue weighted by Crippen LogP contribution is 2.32. The van der Waals surface area contributed by atoms with Gasteiger partial charge in [-0.3, -0.25) is 0 Å². The Bertz CT molecular complexity index is 635. The van der Waals surface area contributed by atoms with Crippen LogP contribution in [0.25, 0.3) is 22.6 Å². The van der Waals surface area contributed by atoms with Crippen LogP contribution in [0.3, 0.4) is 0 Å². The SMILES string of the molecule is [2H]CCCc1nc(-c2ccccc2)c(-c2ccccc2)o1. The lowest BCUT2D eigenvalue weighted by Crippen LogP contribution is -1.83. The van der Waals surface area contributed by atoms with Crippen molar-refractivity contribution in [1.82, 2.24) is 4.98 Å². The second kappa shape index (κ2) is 5.74. The third kappa shape index (κ3) is 2.50. The summed E-state index contributed by atoms with van der Waals surface area (Å²) in [6.07, 6.45) is 1.47. The molecule has 3 rings (SSSR count). The van der Waals surface area contributed by atoms with E-state index in [0.717, 1.165) is 29.0 Å². The summed E-state index contributed by atoms with van der Waals surface area (Å²) in [5.74, 6) is 1.52. The monoisotopic (exact) mass is 264 g/mol. The fourth-order valence-electron chi connectivity index (χ4n) is 2.20. The summed E-state index contributed by atoms with van der Waals surface area (Å²) < 4.78 is 13.2. The molecule has 0 spiro atoms. The van der Waals surface area contributed by atoms with Crippen LogP contribution in [0.15, 0.2) is 65.1 Å². The first-order valence-electron chi connectivity index (χ1n) is 7.49. The molecule has 0 radical (unpaired) electrons. The number of nitrogens with zero attached hydrogens (tertiary/aromatic N) is 1. The van der Waals surface area contributed by atoms with Gasteiger partial charge < -0.3 is 4.42 Å². The van der Waals surface area contributed by atoms with Crippen LogP contribution in [0, 0.1) is 0 Å². The van der Waals surface area contributed by atoms with Crippen LogP contribution in [0.1, 0.15) is 20.6 Å². The molecule has 0 amide bonds. The van der Waals surface area contributed by atoms with Crippen molar-refractivity contribution in [3.05, 3.63) is 66.6 Å². The van der Waals surface area contributed by atoms with Gasteiger partial charge in [-0.05, 0) is 6.42 Å². The van der Waals surface area contributed by atoms with E-state index in [1.807, 2.05) is 60.7 Å². The van der Waals surface area contributed by atoms with Crippen LogP contribution in [0.4, 0.5) is 0 Å². The zero-order valence-corrected chi connectivity index (χ0v) is 11.3. The van der Waals surface area contributed by atoms with E-state index in [0.29, 0.717) is 19.2 Å². The van der Waals surface area contributed by atoms with E-state index in [9.17, 15) is 0 Å².